The zero-order valence-electron chi connectivity index (χ0n) is 9.93. The van der Waals surface area contributed by atoms with Crippen molar-refractivity contribution in [3.8, 4) is 0 Å². The van der Waals surface area contributed by atoms with Crippen LogP contribution in [0.1, 0.15) is 20.3 Å². The molecule has 0 aromatic heterocycles. The standard InChI is InChI=1S/C10H13NO7/c1-3-16-8(14)7-10(9(11)15,18-5(2)12)4-6(13)17-7/h7H,3-4H2,1-2H3,(H2,11,15). The fraction of sp³-hybridized carbons (Fsp3) is 0.600. The number of hydrogen-bond donors (Lipinski definition) is 1. The first kappa shape index (κ1) is 13.9. The van der Waals surface area contributed by atoms with Crippen LogP contribution in [0.15, 0.2) is 0 Å². The van der Waals surface area contributed by atoms with E-state index < -0.39 is 41.9 Å². The van der Waals surface area contributed by atoms with E-state index in [2.05, 4.69) is 9.47 Å². The van der Waals surface area contributed by atoms with Crippen LogP contribution in [-0.2, 0) is 33.4 Å². The zero-order valence-corrected chi connectivity index (χ0v) is 9.93. The van der Waals surface area contributed by atoms with Gasteiger partial charge in [-0.3, -0.25) is 14.4 Å². The van der Waals surface area contributed by atoms with Gasteiger partial charge in [0.1, 0.15) is 0 Å². The number of primary amides is 1. The van der Waals surface area contributed by atoms with Crippen LogP contribution in [0.5, 0.6) is 0 Å². The lowest BCUT2D eigenvalue weighted by atomic mass is 9.94. The first-order chi connectivity index (χ1) is 8.33. The van der Waals surface area contributed by atoms with E-state index in [0.29, 0.717) is 0 Å². The fourth-order valence-electron chi connectivity index (χ4n) is 1.64. The molecule has 8 nitrogen and oxygen atoms in total. The summed E-state index contributed by atoms with van der Waals surface area (Å²) >= 11 is 0. The van der Waals surface area contributed by atoms with Crippen molar-refractivity contribution in [3.05, 3.63) is 0 Å². The Balaban J connectivity index is 3.11. The minimum atomic E-state index is -2.13. The van der Waals surface area contributed by atoms with Gasteiger partial charge in [0.15, 0.2) is 0 Å². The molecular formula is C10H13NO7. The molecule has 1 saturated heterocycles. The molecule has 0 aromatic rings. The Morgan fingerprint density at radius 3 is 2.56 bits per heavy atom. The van der Waals surface area contributed by atoms with Crippen molar-refractivity contribution < 1.29 is 33.4 Å². The highest BCUT2D eigenvalue weighted by Crippen LogP contribution is 2.32. The monoisotopic (exact) mass is 259 g/mol. The third-order valence-electron chi connectivity index (χ3n) is 2.32. The van der Waals surface area contributed by atoms with E-state index in [1.807, 2.05) is 0 Å². The molecule has 0 aliphatic carbocycles. The quantitative estimate of drug-likeness (QED) is 0.489. The highest BCUT2D eigenvalue weighted by molar-refractivity contribution is 6.00. The summed E-state index contributed by atoms with van der Waals surface area (Å²) in [4.78, 5) is 45.3. The van der Waals surface area contributed by atoms with Crippen molar-refractivity contribution in [1.29, 1.82) is 0 Å². The summed E-state index contributed by atoms with van der Waals surface area (Å²) < 4.78 is 14.1. The van der Waals surface area contributed by atoms with Crippen molar-refractivity contribution in [3.63, 3.8) is 0 Å². The first-order valence-electron chi connectivity index (χ1n) is 5.19. The molecule has 1 aliphatic rings. The van der Waals surface area contributed by atoms with E-state index in [1.165, 1.54) is 6.92 Å². The zero-order chi connectivity index (χ0) is 13.9. The summed E-state index contributed by atoms with van der Waals surface area (Å²) in [6, 6.07) is 0. The van der Waals surface area contributed by atoms with Gasteiger partial charge in [0.2, 0.25) is 11.7 Å². The Bertz CT molecular complexity index is 405. The Labute approximate surface area is 102 Å². The second-order valence-corrected chi connectivity index (χ2v) is 3.65. The molecule has 1 heterocycles. The van der Waals surface area contributed by atoms with Crippen LogP contribution in [0, 0.1) is 0 Å². The van der Waals surface area contributed by atoms with Crippen molar-refractivity contribution in [2.24, 2.45) is 5.73 Å². The number of amides is 1. The fourth-order valence-corrected chi connectivity index (χ4v) is 1.64. The highest BCUT2D eigenvalue weighted by Gasteiger charge is 2.61. The van der Waals surface area contributed by atoms with Gasteiger partial charge in [-0.25, -0.2) is 4.79 Å². The van der Waals surface area contributed by atoms with Crippen LogP contribution in [0.3, 0.4) is 0 Å². The molecule has 100 valence electrons. The summed E-state index contributed by atoms with van der Waals surface area (Å²) in [7, 11) is 0. The number of cyclic esters (lactones) is 1. The summed E-state index contributed by atoms with van der Waals surface area (Å²) in [6.45, 7) is 2.57. The van der Waals surface area contributed by atoms with Crippen LogP contribution < -0.4 is 5.73 Å². The molecule has 0 aromatic carbocycles. The van der Waals surface area contributed by atoms with Gasteiger partial charge < -0.3 is 19.9 Å². The van der Waals surface area contributed by atoms with Crippen LogP contribution >= 0.6 is 0 Å². The molecule has 2 atom stereocenters. The Morgan fingerprint density at radius 2 is 2.11 bits per heavy atom. The average Bonchev–Trinajstić information content (AvgIpc) is 2.56. The number of rotatable bonds is 4. The first-order valence-corrected chi connectivity index (χ1v) is 5.19. The van der Waals surface area contributed by atoms with Crippen molar-refractivity contribution in [2.75, 3.05) is 6.61 Å². The maximum Gasteiger partial charge on any atom is 0.352 e. The lowest BCUT2D eigenvalue weighted by Gasteiger charge is -2.27. The lowest BCUT2D eigenvalue weighted by molar-refractivity contribution is -0.183. The molecule has 1 aliphatic heterocycles. The second-order valence-electron chi connectivity index (χ2n) is 3.65. The van der Waals surface area contributed by atoms with E-state index in [9.17, 15) is 19.2 Å². The number of esters is 3. The summed E-state index contributed by atoms with van der Waals surface area (Å²) in [6.07, 6.45) is -2.27. The van der Waals surface area contributed by atoms with E-state index >= 15 is 0 Å². The number of hydrogen-bond acceptors (Lipinski definition) is 7. The maximum absolute atomic E-state index is 11.6. The molecule has 0 bridgehead atoms. The van der Waals surface area contributed by atoms with E-state index in [-0.39, 0.29) is 6.61 Å². The average molecular weight is 259 g/mol. The minimum Gasteiger partial charge on any atom is -0.463 e. The van der Waals surface area contributed by atoms with Crippen molar-refractivity contribution >= 4 is 23.8 Å². The number of carbonyl (C=O) groups excluding carboxylic acids is 4. The molecule has 1 amide bonds. The SMILES string of the molecule is CCOC(=O)C1OC(=O)CC1(OC(C)=O)C(N)=O. The predicted octanol–water partition coefficient (Wildman–Crippen LogP) is -1.35. The third kappa shape index (κ3) is 2.41. The summed E-state index contributed by atoms with van der Waals surface area (Å²) in [5, 5.41) is 0. The van der Waals surface area contributed by atoms with Crippen molar-refractivity contribution in [2.45, 2.75) is 32.0 Å². The number of ether oxygens (including phenoxy) is 3. The summed E-state index contributed by atoms with van der Waals surface area (Å²) in [5.74, 6) is -3.85. The molecule has 0 saturated carbocycles. The van der Waals surface area contributed by atoms with Gasteiger partial charge in [-0.05, 0) is 6.92 Å². The third-order valence-corrected chi connectivity index (χ3v) is 2.32. The van der Waals surface area contributed by atoms with Crippen LogP contribution in [-0.4, -0.2) is 42.1 Å². The van der Waals surface area contributed by atoms with E-state index in [1.54, 1.807) is 0 Å². The molecule has 1 rings (SSSR count). The normalized spacial score (nSPS) is 26.3. The predicted molar refractivity (Wildman–Crippen MR) is 54.8 cm³/mol. The van der Waals surface area contributed by atoms with Crippen molar-refractivity contribution in [1.82, 2.24) is 0 Å². The van der Waals surface area contributed by atoms with Crippen LogP contribution in [0.25, 0.3) is 0 Å². The second kappa shape index (κ2) is 5.03. The van der Waals surface area contributed by atoms with Gasteiger partial charge >= 0.3 is 17.9 Å². The topological polar surface area (TPSA) is 122 Å². The molecule has 8 heteroatoms. The van der Waals surface area contributed by atoms with Gasteiger partial charge in [-0.1, -0.05) is 0 Å². The van der Waals surface area contributed by atoms with Gasteiger partial charge in [-0.15, -0.1) is 0 Å². The summed E-state index contributed by atoms with van der Waals surface area (Å²) in [5.41, 5.74) is 2.98. The lowest BCUT2D eigenvalue weighted by Crippen LogP contribution is -2.56. The van der Waals surface area contributed by atoms with Crippen LogP contribution in [0.2, 0.25) is 0 Å². The number of carbonyl (C=O) groups is 4. The van der Waals surface area contributed by atoms with E-state index in [0.717, 1.165) is 6.92 Å². The molecule has 18 heavy (non-hydrogen) atoms. The number of nitrogens with two attached hydrogens (primary N) is 1. The Kier molecular flexibility index (Phi) is 3.89. The van der Waals surface area contributed by atoms with Gasteiger partial charge in [-0.2, -0.15) is 0 Å². The minimum absolute atomic E-state index is 0.0157. The van der Waals surface area contributed by atoms with E-state index in [4.69, 9.17) is 10.5 Å². The Hall–Kier alpha value is -2.12. The van der Waals surface area contributed by atoms with Gasteiger partial charge in [0.05, 0.1) is 13.0 Å². The molecule has 0 radical (unpaired) electrons. The van der Waals surface area contributed by atoms with Gasteiger partial charge in [0.25, 0.3) is 5.91 Å². The molecule has 1 fully saturated rings. The largest absolute Gasteiger partial charge is 0.463 e. The Morgan fingerprint density at radius 1 is 1.50 bits per heavy atom. The molecular weight excluding hydrogens is 246 g/mol. The van der Waals surface area contributed by atoms with Gasteiger partial charge in [0, 0.05) is 6.92 Å². The highest BCUT2D eigenvalue weighted by atomic mass is 16.6. The smallest absolute Gasteiger partial charge is 0.352 e. The maximum atomic E-state index is 11.6. The molecule has 0 spiro atoms. The molecule has 2 unspecified atom stereocenters. The van der Waals surface area contributed by atoms with Crippen LogP contribution in [0.4, 0.5) is 0 Å². The molecule has 2 N–H and O–H groups in total.